The second-order valence-electron chi connectivity index (χ2n) is 4.69. The number of para-hydroxylation sites is 1. The van der Waals surface area contributed by atoms with Gasteiger partial charge in [-0.2, -0.15) is 0 Å². The molecule has 0 aliphatic carbocycles. The van der Waals surface area contributed by atoms with Gasteiger partial charge in [0.15, 0.2) is 11.6 Å². The lowest BCUT2D eigenvalue weighted by atomic mass is 10.1. The highest BCUT2D eigenvalue weighted by Gasteiger charge is 2.14. The fourth-order valence-corrected chi connectivity index (χ4v) is 3.18. The number of thiazole rings is 1. The molecule has 1 N–H and O–H groups in total. The van der Waals surface area contributed by atoms with Crippen molar-refractivity contribution < 1.29 is 14.2 Å². The van der Waals surface area contributed by atoms with Crippen LogP contribution in [0.5, 0.6) is 5.75 Å². The highest BCUT2D eigenvalue weighted by molar-refractivity contribution is 7.18. The van der Waals surface area contributed by atoms with Crippen LogP contribution in [0.25, 0.3) is 10.2 Å². The van der Waals surface area contributed by atoms with Gasteiger partial charge in [-0.15, -0.1) is 11.3 Å². The monoisotopic (exact) mass is 303 g/mol. The van der Waals surface area contributed by atoms with Crippen molar-refractivity contribution in [2.24, 2.45) is 0 Å². The first-order chi connectivity index (χ1) is 10.2. The number of hydrogen-bond donors (Lipinski definition) is 1. The Morgan fingerprint density at radius 2 is 2.10 bits per heavy atom. The molecular formula is C16H14FNO2S. The molecule has 5 heteroatoms. The number of aliphatic hydroxyl groups excluding tert-OH is 1. The summed E-state index contributed by atoms with van der Waals surface area (Å²) in [5.74, 6) is -0.302. The van der Waals surface area contributed by atoms with Gasteiger partial charge in [0.05, 0.1) is 28.4 Å². The summed E-state index contributed by atoms with van der Waals surface area (Å²) in [6, 6.07) is 12.2. The van der Waals surface area contributed by atoms with Gasteiger partial charge >= 0.3 is 0 Å². The van der Waals surface area contributed by atoms with E-state index in [4.69, 9.17) is 4.74 Å². The van der Waals surface area contributed by atoms with Crippen LogP contribution in [0, 0.1) is 5.82 Å². The molecule has 0 saturated carbocycles. The lowest BCUT2D eigenvalue weighted by molar-refractivity contribution is 0.178. The molecule has 1 atom stereocenters. The van der Waals surface area contributed by atoms with E-state index in [1.165, 1.54) is 19.2 Å². The molecule has 108 valence electrons. The first kappa shape index (κ1) is 14.0. The molecule has 0 fully saturated rings. The predicted molar refractivity (Wildman–Crippen MR) is 81.2 cm³/mol. The Morgan fingerprint density at radius 1 is 1.29 bits per heavy atom. The van der Waals surface area contributed by atoms with E-state index in [1.54, 1.807) is 17.4 Å². The summed E-state index contributed by atoms with van der Waals surface area (Å²) in [5.41, 5.74) is 1.55. The van der Waals surface area contributed by atoms with Crippen molar-refractivity contribution >= 4 is 21.6 Å². The third kappa shape index (κ3) is 2.89. The molecule has 0 amide bonds. The maximum Gasteiger partial charge on any atom is 0.165 e. The Balaban J connectivity index is 1.83. The topological polar surface area (TPSA) is 42.4 Å². The van der Waals surface area contributed by atoms with Crippen molar-refractivity contribution in [3.05, 3.63) is 58.9 Å². The highest BCUT2D eigenvalue weighted by Crippen LogP contribution is 2.28. The largest absolute Gasteiger partial charge is 0.494 e. The second kappa shape index (κ2) is 5.79. The number of rotatable bonds is 4. The number of hydrogen-bond acceptors (Lipinski definition) is 4. The van der Waals surface area contributed by atoms with E-state index in [2.05, 4.69) is 4.98 Å². The van der Waals surface area contributed by atoms with E-state index in [9.17, 15) is 9.50 Å². The number of benzene rings is 2. The van der Waals surface area contributed by atoms with Gasteiger partial charge in [0, 0.05) is 6.42 Å². The summed E-state index contributed by atoms with van der Waals surface area (Å²) in [6.07, 6.45) is -0.339. The number of aliphatic hydroxyl groups is 1. The lowest BCUT2D eigenvalue weighted by Crippen LogP contribution is -2.02. The first-order valence-electron chi connectivity index (χ1n) is 6.53. The van der Waals surface area contributed by atoms with Crippen molar-refractivity contribution in [3.63, 3.8) is 0 Å². The van der Waals surface area contributed by atoms with E-state index in [-0.39, 0.29) is 5.75 Å². The van der Waals surface area contributed by atoms with E-state index in [0.717, 1.165) is 15.2 Å². The first-order valence-corrected chi connectivity index (χ1v) is 7.35. The van der Waals surface area contributed by atoms with Crippen molar-refractivity contribution in [2.45, 2.75) is 12.5 Å². The maximum atomic E-state index is 13.4. The Labute approximate surface area is 125 Å². The Morgan fingerprint density at radius 3 is 2.86 bits per heavy atom. The summed E-state index contributed by atoms with van der Waals surface area (Å²) >= 11 is 1.56. The SMILES string of the molecule is COc1cc(C(O)Cc2nc3ccccc3s2)ccc1F. The van der Waals surface area contributed by atoms with Crippen LogP contribution in [-0.4, -0.2) is 17.2 Å². The smallest absolute Gasteiger partial charge is 0.165 e. The molecule has 0 radical (unpaired) electrons. The number of halogens is 1. The van der Waals surface area contributed by atoms with Crippen LogP contribution >= 0.6 is 11.3 Å². The average molecular weight is 303 g/mol. The highest BCUT2D eigenvalue weighted by atomic mass is 32.1. The van der Waals surface area contributed by atoms with Crippen LogP contribution in [-0.2, 0) is 6.42 Å². The van der Waals surface area contributed by atoms with Crippen molar-refractivity contribution in [2.75, 3.05) is 7.11 Å². The fraction of sp³-hybridized carbons (Fsp3) is 0.188. The van der Waals surface area contributed by atoms with Gasteiger partial charge in [-0.05, 0) is 29.8 Å². The van der Waals surface area contributed by atoms with Crippen LogP contribution < -0.4 is 4.74 Å². The molecule has 3 aromatic rings. The third-order valence-corrected chi connectivity index (χ3v) is 4.32. The molecule has 0 aliphatic rings. The van der Waals surface area contributed by atoms with E-state index in [1.807, 2.05) is 24.3 Å². The quantitative estimate of drug-likeness (QED) is 0.798. The predicted octanol–water partition coefficient (Wildman–Crippen LogP) is 3.72. The molecule has 1 aromatic heterocycles. The number of methoxy groups -OCH3 is 1. The molecule has 0 bridgehead atoms. The minimum absolute atomic E-state index is 0.135. The Kier molecular flexibility index (Phi) is 3.86. The zero-order chi connectivity index (χ0) is 14.8. The van der Waals surface area contributed by atoms with E-state index >= 15 is 0 Å². The Hall–Kier alpha value is -1.98. The molecule has 0 aliphatic heterocycles. The normalized spacial score (nSPS) is 12.5. The van der Waals surface area contributed by atoms with Gasteiger partial charge in [0.1, 0.15) is 0 Å². The lowest BCUT2D eigenvalue weighted by Gasteiger charge is -2.11. The molecule has 0 saturated heterocycles. The second-order valence-corrected chi connectivity index (χ2v) is 5.80. The average Bonchev–Trinajstić information content (AvgIpc) is 2.89. The summed E-state index contributed by atoms with van der Waals surface area (Å²) in [6.45, 7) is 0. The van der Waals surface area contributed by atoms with Crippen LogP contribution in [0.4, 0.5) is 4.39 Å². The van der Waals surface area contributed by atoms with Crippen LogP contribution in [0.15, 0.2) is 42.5 Å². The zero-order valence-corrected chi connectivity index (χ0v) is 12.2. The summed E-state index contributed by atoms with van der Waals surface area (Å²) < 4.78 is 19.4. The Bertz CT molecular complexity index is 739. The standard InChI is InChI=1S/C16H14FNO2S/c1-20-14-8-10(6-7-11(14)17)13(19)9-16-18-12-4-2-3-5-15(12)21-16/h2-8,13,19H,9H2,1H3. The fourth-order valence-electron chi connectivity index (χ4n) is 2.17. The van der Waals surface area contributed by atoms with Gasteiger partial charge in [0.2, 0.25) is 0 Å². The van der Waals surface area contributed by atoms with Crippen LogP contribution in [0.1, 0.15) is 16.7 Å². The number of fused-ring (bicyclic) bond motifs is 1. The van der Waals surface area contributed by atoms with Crippen molar-refractivity contribution in [1.29, 1.82) is 0 Å². The van der Waals surface area contributed by atoms with Gasteiger partial charge in [-0.25, -0.2) is 9.37 Å². The third-order valence-electron chi connectivity index (χ3n) is 3.27. The number of aromatic nitrogens is 1. The summed E-state index contributed by atoms with van der Waals surface area (Å²) in [7, 11) is 1.40. The van der Waals surface area contributed by atoms with Crippen molar-refractivity contribution in [3.8, 4) is 5.75 Å². The minimum Gasteiger partial charge on any atom is -0.494 e. The summed E-state index contributed by atoms with van der Waals surface area (Å²) in [4.78, 5) is 4.49. The van der Waals surface area contributed by atoms with Crippen LogP contribution in [0.3, 0.4) is 0 Å². The molecule has 1 unspecified atom stereocenters. The molecule has 0 spiro atoms. The van der Waals surface area contributed by atoms with Gasteiger partial charge in [-0.3, -0.25) is 0 Å². The number of nitrogens with zero attached hydrogens (tertiary/aromatic N) is 1. The van der Waals surface area contributed by atoms with Crippen LogP contribution in [0.2, 0.25) is 0 Å². The van der Waals surface area contributed by atoms with Crippen molar-refractivity contribution in [1.82, 2.24) is 4.98 Å². The van der Waals surface area contributed by atoms with Gasteiger partial charge in [0.25, 0.3) is 0 Å². The van der Waals surface area contributed by atoms with E-state index < -0.39 is 11.9 Å². The summed E-state index contributed by atoms with van der Waals surface area (Å²) in [5, 5.41) is 11.2. The number of ether oxygens (including phenoxy) is 1. The minimum atomic E-state index is -0.736. The van der Waals surface area contributed by atoms with E-state index in [0.29, 0.717) is 12.0 Å². The molecule has 2 aromatic carbocycles. The molecule has 21 heavy (non-hydrogen) atoms. The van der Waals surface area contributed by atoms with Gasteiger partial charge < -0.3 is 9.84 Å². The van der Waals surface area contributed by atoms with Gasteiger partial charge in [-0.1, -0.05) is 18.2 Å². The molecule has 3 rings (SSSR count). The molecular weight excluding hydrogens is 289 g/mol. The molecule has 1 heterocycles. The maximum absolute atomic E-state index is 13.4. The zero-order valence-electron chi connectivity index (χ0n) is 11.4. The molecule has 3 nitrogen and oxygen atoms in total.